The van der Waals surface area contributed by atoms with E-state index in [9.17, 15) is 0 Å². The number of thiophene rings is 1. The van der Waals surface area contributed by atoms with Gasteiger partial charge in [-0.2, -0.15) is 0 Å². The molecule has 1 heterocycles. The molecule has 0 bridgehead atoms. The van der Waals surface area contributed by atoms with Gasteiger partial charge >= 0.3 is 0 Å². The Morgan fingerprint density at radius 2 is 1.81 bits per heavy atom. The third kappa shape index (κ3) is 3.96. The van der Waals surface area contributed by atoms with Crippen molar-refractivity contribution >= 4 is 11.3 Å². The van der Waals surface area contributed by atoms with Gasteiger partial charge in [-0.25, -0.2) is 0 Å². The van der Waals surface area contributed by atoms with Crippen molar-refractivity contribution in [2.75, 3.05) is 6.54 Å². The fourth-order valence-electron chi connectivity index (χ4n) is 2.53. The zero-order valence-corrected chi connectivity index (χ0v) is 14.7. The molecule has 2 heteroatoms. The van der Waals surface area contributed by atoms with Crippen LogP contribution in [0.1, 0.15) is 49.2 Å². The maximum atomic E-state index is 3.68. The molecule has 1 aromatic carbocycles. The summed E-state index contributed by atoms with van der Waals surface area (Å²) in [6, 6.07) is 11.8. The van der Waals surface area contributed by atoms with E-state index in [1.165, 1.54) is 32.9 Å². The molecule has 0 amide bonds. The summed E-state index contributed by atoms with van der Waals surface area (Å²) in [5, 5.41) is 3.68. The van der Waals surface area contributed by atoms with Gasteiger partial charge in [0.25, 0.3) is 0 Å². The van der Waals surface area contributed by atoms with Crippen molar-refractivity contribution in [3.63, 3.8) is 0 Å². The summed E-state index contributed by atoms with van der Waals surface area (Å²) < 4.78 is 0. The highest BCUT2D eigenvalue weighted by molar-refractivity contribution is 7.15. The molecule has 21 heavy (non-hydrogen) atoms. The van der Waals surface area contributed by atoms with Gasteiger partial charge in [0, 0.05) is 15.8 Å². The maximum absolute atomic E-state index is 3.68. The third-order valence-corrected chi connectivity index (χ3v) is 5.22. The van der Waals surface area contributed by atoms with Crippen LogP contribution in [0.4, 0.5) is 0 Å². The number of hydrogen-bond donors (Lipinski definition) is 1. The number of aryl methyl sites for hydroxylation is 2. The molecule has 1 atom stereocenters. The van der Waals surface area contributed by atoms with E-state index in [0.717, 1.165) is 6.54 Å². The first kappa shape index (κ1) is 16.3. The number of benzene rings is 1. The second-order valence-corrected chi connectivity index (χ2v) is 7.29. The predicted octanol–water partition coefficient (Wildman–Crippen LogP) is 5.73. The van der Waals surface area contributed by atoms with Crippen LogP contribution in [0.25, 0.3) is 10.4 Å². The van der Waals surface area contributed by atoms with Gasteiger partial charge in [0.2, 0.25) is 0 Å². The van der Waals surface area contributed by atoms with Crippen molar-refractivity contribution in [3.05, 3.63) is 46.3 Å². The lowest BCUT2D eigenvalue weighted by Crippen LogP contribution is -2.25. The van der Waals surface area contributed by atoms with Gasteiger partial charge in [-0.05, 0) is 61.6 Å². The minimum absolute atomic E-state index is 0.468. The van der Waals surface area contributed by atoms with Gasteiger partial charge in [0.1, 0.15) is 0 Å². The van der Waals surface area contributed by atoms with Crippen LogP contribution in [0, 0.1) is 19.8 Å². The van der Waals surface area contributed by atoms with Gasteiger partial charge in [-0.3, -0.25) is 0 Å². The molecule has 0 radical (unpaired) electrons. The summed E-state index contributed by atoms with van der Waals surface area (Å²) in [4.78, 5) is 2.82. The van der Waals surface area contributed by atoms with E-state index >= 15 is 0 Å². The van der Waals surface area contributed by atoms with E-state index in [-0.39, 0.29) is 0 Å². The van der Waals surface area contributed by atoms with Gasteiger partial charge < -0.3 is 5.32 Å². The van der Waals surface area contributed by atoms with Crippen molar-refractivity contribution in [2.45, 2.75) is 47.1 Å². The van der Waals surface area contributed by atoms with Crippen LogP contribution >= 0.6 is 11.3 Å². The second-order valence-electron chi connectivity index (χ2n) is 6.18. The zero-order chi connectivity index (χ0) is 15.4. The molecule has 0 aliphatic heterocycles. The lowest BCUT2D eigenvalue weighted by atomic mass is 10.0. The Kier molecular flexibility index (Phi) is 5.60. The smallest absolute Gasteiger partial charge is 0.0438 e. The van der Waals surface area contributed by atoms with Crippen molar-refractivity contribution in [1.82, 2.24) is 5.32 Å². The Labute approximate surface area is 133 Å². The standard InChI is InChI=1S/C19H27NS/c1-6-11-20-19(13(2)3)18-10-9-17(21-18)16-8-7-14(4)15(5)12-16/h7-10,12-13,19-20H,6,11H2,1-5H3. The minimum atomic E-state index is 0.468. The molecule has 2 rings (SSSR count). The SMILES string of the molecule is CCCNC(c1ccc(-c2ccc(C)c(C)c2)s1)C(C)C. The summed E-state index contributed by atoms with van der Waals surface area (Å²) in [5.41, 5.74) is 4.07. The predicted molar refractivity (Wildman–Crippen MR) is 95.1 cm³/mol. The first-order valence-corrected chi connectivity index (χ1v) is 8.75. The van der Waals surface area contributed by atoms with E-state index in [1.54, 1.807) is 0 Å². The number of hydrogen-bond acceptors (Lipinski definition) is 2. The van der Waals surface area contributed by atoms with Crippen LogP contribution in [-0.4, -0.2) is 6.54 Å². The van der Waals surface area contributed by atoms with Crippen LogP contribution < -0.4 is 5.32 Å². The van der Waals surface area contributed by atoms with Crippen molar-refractivity contribution in [3.8, 4) is 10.4 Å². The number of rotatable bonds is 6. The topological polar surface area (TPSA) is 12.0 Å². The van der Waals surface area contributed by atoms with E-state index in [4.69, 9.17) is 0 Å². The second kappa shape index (κ2) is 7.24. The van der Waals surface area contributed by atoms with E-state index in [0.29, 0.717) is 12.0 Å². The van der Waals surface area contributed by atoms with E-state index in [1.807, 2.05) is 11.3 Å². The first-order chi connectivity index (χ1) is 10.0. The maximum Gasteiger partial charge on any atom is 0.0438 e. The van der Waals surface area contributed by atoms with Gasteiger partial charge in [0.15, 0.2) is 0 Å². The molecular formula is C19H27NS. The Hall–Kier alpha value is -1.12. The van der Waals surface area contributed by atoms with Crippen molar-refractivity contribution in [2.24, 2.45) is 5.92 Å². The van der Waals surface area contributed by atoms with Gasteiger partial charge in [0.05, 0.1) is 0 Å². The Morgan fingerprint density at radius 3 is 2.43 bits per heavy atom. The normalized spacial score (nSPS) is 12.9. The highest BCUT2D eigenvalue weighted by atomic mass is 32.1. The summed E-state index contributed by atoms with van der Waals surface area (Å²) in [6.07, 6.45) is 1.18. The molecule has 1 nitrogen and oxygen atoms in total. The lowest BCUT2D eigenvalue weighted by molar-refractivity contribution is 0.418. The van der Waals surface area contributed by atoms with Crippen LogP contribution in [0.15, 0.2) is 30.3 Å². The van der Waals surface area contributed by atoms with Crippen molar-refractivity contribution < 1.29 is 0 Å². The molecule has 0 saturated heterocycles. The summed E-state index contributed by atoms with van der Waals surface area (Å²) >= 11 is 1.92. The monoisotopic (exact) mass is 301 g/mol. The van der Waals surface area contributed by atoms with Crippen LogP contribution in [0.3, 0.4) is 0 Å². The fraction of sp³-hybridized carbons (Fsp3) is 0.474. The molecule has 1 aromatic heterocycles. The zero-order valence-electron chi connectivity index (χ0n) is 13.9. The molecule has 0 saturated carbocycles. The largest absolute Gasteiger partial charge is 0.309 e. The molecule has 1 N–H and O–H groups in total. The first-order valence-electron chi connectivity index (χ1n) is 7.93. The van der Waals surface area contributed by atoms with Gasteiger partial charge in [-0.1, -0.05) is 39.0 Å². The highest BCUT2D eigenvalue weighted by Gasteiger charge is 2.17. The molecule has 0 fully saturated rings. The summed E-state index contributed by atoms with van der Waals surface area (Å²) in [7, 11) is 0. The van der Waals surface area contributed by atoms with Crippen LogP contribution in [0.5, 0.6) is 0 Å². The Bertz CT molecular complexity index is 583. The average Bonchev–Trinajstić information content (AvgIpc) is 2.91. The van der Waals surface area contributed by atoms with Gasteiger partial charge in [-0.15, -0.1) is 11.3 Å². The molecule has 2 aromatic rings. The Balaban J connectivity index is 2.25. The third-order valence-electron chi connectivity index (χ3n) is 4.01. The van der Waals surface area contributed by atoms with Crippen molar-refractivity contribution in [1.29, 1.82) is 0 Å². The summed E-state index contributed by atoms with van der Waals surface area (Å²) in [5.74, 6) is 0.614. The van der Waals surface area contributed by atoms with Crippen LogP contribution in [-0.2, 0) is 0 Å². The summed E-state index contributed by atoms with van der Waals surface area (Å²) in [6.45, 7) is 12.3. The molecular weight excluding hydrogens is 274 g/mol. The minimum Gasteiger partial charge on any atom is -0.309 e. The molecule has 114 valence electrons. The lowest BCUT2D eigenvalue weighted by Gasteiger charge is -2.21. The molecule has 1 unspecified atom stereocenters. The molecule has 0 aliphatic carbocycles. The Morgan fingerprint density at radius 1 is 1.05 bits per heavy atom. The molecule has 0 aliphatic rings. The quantitative estimate of drug-likeness (QED) is 0.718. The van der Waals surface area contributed by atoms with E-state index < -0.39 is 0 Å². The number of nitrogens with one attached hydrogen (secondary N) is 1. The molecule has 0 spiro atoms. The van der Waals surface area contributed by atoms with E-state index in [2.05, 4.69) is 70.3 Å². The fourth-order valence-corrected chi connectivity index (χ4v) is 3.79. The highest BCUT2D eigenvalue weighted by Crippen LogP contribution is 2.34. The average molecular weight is 301 g/mol. The van der Waals surface area contributed by atoms with Crippen LogP contribution in [0.2, 0.25) is 0 Å².